The van der Waals surface area contributed by atoms with Crippen LogP contribution in [0.1, 0.15) is 24.8 Å². The van der Waals surface area contributed by atoms with Gasteiger partial charge in [0.15, 0.2) is 0 Å². The lowest BCUT2D eigenvalue weighted by molar-refractivity contribution is -0.128. The van der Waals surface area contributed by atoms with Gasteiger partial charge in [0.2, 0.25) is 5.91 Å². The summed E-state index contributed by atoms with van der Waals surface area (Å²) < 4.78 is 19.9. The molecule has 0 aromatic heterocycles. The topological polar surface area (TPSA) is 48.1 Å². The molecule has 3 fully saturated rings. The summed E-state index contributed by atoms with van der Waals surface area (Å²) in [5.74, 6) is 0.0319. The van der Waals surface area contributed by atoms with Gasteiger partial charge in [-0.1, -0.05) is 6.07 Å². The molecule has 1 aromatic rings. The van der Waals surface area contributed by atoms with Crippen LogP contribution >= 0.6 is 0 Å². The highest BCUT2D eigenvalue weighted by atomic mass is 19.1. The highest BCUT2D eigenvalue weighted by Gasteiger charge is 2.30. The molecule has 7 heteroatoms. The minimum absolute atomic E-state index is 0.0863. The Kier molecular flexibility index (Phi) is 6.44. The molecule has 1 N–H and O–H groups in total. The van der Waals surface area contributed by atoms with Gasteiger partial charge in [-0.2, -0.15) is 0 Å². The molecule has 3 aliphatic heterocycles. The first-order valence-electron chi connectivity index (χ1n) is 10.5. The van der Waals surface area contributed by atoms with Crippen LogP contribution in [-0.2, 0) is 16.1 Å². The van der Waals surface area contributed by atoms with E-state index in [1.807, 2.05) is 11.0 Å². The third kappa shape index (κ3) is 4.64. The second kappa shape index (κ2) is 9.20. The molecule has 6 nitrogen and oxygen atoms in total. The average Bonchev–Trinajstić information content (AvgIpc) is 3.36. The van der Waals surface area contributed by atoms with Crippen molar-refractivity contribution in [3.63, 3.8) is 0 Å². The fourth-order valence-corrected chi connectivity index (χ4v) is 4.43. The zero-order valence-corrected chi connectivity index (χ0v) is 16.5. The Bertz CT molecular complexity index is 674. The Morgan fingerprint density at radius 3 is 2.68 bits per heavy atom. The summed E-state index contributed by atoms with van der Waals surface area (Å²) in [6, 6.07) is 5.42. The smallest absolute Gasteiger partial charge is 0.224 e. The fraction of sp³-hybridized carbons (Fsp3) is 0.667. The van der Waals surface area contributed by atoms with E-state index in [1.54, 1.807) is 6.07 Å². The Balaban J connectivity index is 1.30. The van der Waals surface area contributed by atoms with Crippen molar-refractivity contribution in [1.29, 1.82) is 0 Å². The van der Waals surface area contributed by atoms with Crippen molar-refractivity contribution in [1.82, 2.24) is 15.1 Å². The van der Waals surface area contributed by atoms with Crippen LogP contribution in [0.5, 0.6) is 0 Å². The zero-order valence-electron chi connectivity index (χ0n) is 16.5. The minimum Gasteiger partial charge on any atom is -0.379 e. The minimum atomic E-state index is -0.162. The summed E-state index contributed by atoms with van der Waals surface area (Å²) >= 11 is 0. The van der Waals surface area contributed by atoms with Crippen LogP contribution < -0.4 is 10.2 Å². The third-order valence-electron chi connectivity index (χ3n) is 6.11. The quantitative estimate of drug-likeness (QED) is 0.764. The second-order valence-electron chi connectivity index (χ2n) is 8.01. The maximum atomic E-state index is 14.5. The van der Waals surface area contributed by atoms with E-state index >= 15 is 0 Å². The van der Waals surface area contributed by atoms with Gasteiger partial charge in [0.1, 0.15) is 5.82 Å². The molecule has 0 spiro atoms. The summed E-state index contributed by atoms with van der Waals surface area (Å²) in [5, 5.41) is 3.44. The van der Waals surface area contributed by atoms with E-state index in [-0.39, 0.29) is 17.8 Å². The van der Waals surface area contributed by atoms with Gasteiger partial charge in [-0.05, 0) is 25.0 Å². The molecular weight excluding hydrogens is 359 g/mol. The molecule has 3 heterocycles. The van der Waals surface area contributed by atoms with E-state index in [4.69, 9.17) is 4.74 Å². The van der Waals surface area contributed by atoms with Crippen LogP contribution in [0.25, 0.3) is 0 Å². The number of rotatable bonds is 7. The van der Waals surface area contributed by atoms with Gasteiger partial charge in [-0.25, -0.2) is 4.39 Å². The second-order valence-corrected chi connectivity index (χ2v) is 8.01. The Labute approximate surface area is 166 Å². The maximum Gasteiger partial charge on any atom is 0.224 e. The van der Waals surface area contributed by atoms with Gasteiger partial charge in [-0.15, -0.1) is 0 Å². The number of morpholine rings is 1. The molecule has 1 amide bonds. The van der Waals surface area contributed by atoms with Crippen LogP contribution in [-0.4, -0.2) is 80.8 Å². The third-order valence-corrected chi connectivity index (χ3v) is 6.11. The first-order valence-corrected chi connectivity index (χ1v) is 10.5. The predicted molar refractivity (Wildman–Crippen MR) is 107 cm³/mol. The van der Waals surface area contributed by atoms with Gasteiger partial charge in [0.05, 0.1) is 13.2 Å². The number of ether oxygens (including phenoxy) is 1. The fourth-order valence-electron chi connectivity index (χ4n) is 4.43. The monoisotopic (exact) mass is 390 g/mol. The van der Waals surface area contributed by atoms with Crippen LogP contribution in [0.4, 0.5) is 10.1 Å². The number of nitrogens with zero attached hydrogens (tertiary/aromatic N) is 3. The number of nitrogens with one attached hydrogen (secondary N) is 1. The number of hydrogen-bond donors (Lipinski definition) is 1. The molecule has 3 saturated heterocycles. The molecule has 0 bridgehead atoms. The average molecular weight is 391 g/mol. The number of benzene rings is 1. The lowest BCUT2D eigenvalue weighted by atomic mass is 10.1. The summed E-state index contributed by atoms with van der Waals surface area (Å²) in [7, 11) is 0. The van der Waals surface area contributed by atoms with Gasteiger partial charge in [0, 0.05) is 76.1 Å². The van der Waals surface area contributed by atoms with E-state index in [2.05, 4.69) is 15.1 Å². The molecular formula is C21H31FN4O2. The number of likely N-dealkylation sites (tertiary alicyclic amines) is 1. The Hall–Kier alpha value is -1.70. The van der Waals surface area contributed by atoms with Crippen LogP contribution in [0.2, 0.25) is 0 Å². The SMILES string of the molecule is O=C1CC(NCc2c(F)cccc2N2CCCC2)CN1CCN1CCOCC1. The van der Waals surface area contributed by atoms with Crippen molar-refractivity contribution in [3.8, 4) is 0 Å². The largest absolute Gasteiger partial charge is 0.379 e. The first kappa shape index (κ1) is 19.6. The number of hydrogen-bond acceptors (Lipinski definition) is 5. The summed E-state index contributed by atoms with van der Waals surface area (Å²) in [5.41, 5.74) is 1.72. The molecule has 0 radical (unpaired) electrons. The number of carbonyl (C=O) groups excluding carboxylic acids is 1. The van der Waals surface area contributed by atoms with Crippen molar-refractivity contribution in [2.24, 2.45) is 0 Å². The van der Waals surface area contributed by atoms with Gasteiger partial charge in [-0.3, -0.25) is 9.69 Å². The first-order chi connectivity index (χ1) is 13.7. The highest BCUT2D eigenvalue weighted by Crippen LogP contribution is 2.27. The van der Waals surface area contributed by atoms with Crippen molar-refractivity contribution in [3.05, 3.63) is 29.6 Å². The van der Waals surface area contributed by atoms with Crippen LogP contribution in [0.3, 0.4) is 0 Å². The molecule has 4 rings (SSSR count). The van der Waals surface area contributed by atoms with E-state index in [9.17, 15) is 9.18 Å². The normalized spacial score (nSPS) is 23.8. The molecule has 1 aromatic carbocycles. The standard InChI is InChI=1S/C21H31FN4O2/c22-19-4-3-5-20(25-6-1-2-7-25)18(19)15-23-17-14-21(27)26(16-17)9-8-24-10-12-28-13-11-24/h3-5,17,23H,1-2,6-16H2. The van der Waals surface area contributed by atoms with E-state index in [0.29, 0.717) is 19.5 Å². The summed E-state index contributed by atoms with van der Waals surface area (Å²) in [4.78, 5) is 18.9. The Morgan fingerprint density at radius 1 is 1.11 bits per heavy atom. The molecule has 0 aliphatic carbocycles. The lowest BCUT2D eigenvalue weighted by Gasteiger charge is -2.28. The zero-order chi connectivity index (χ0) is 19.3. The van der Waals surface area contributed by atoms with E-state index in [0.717, 1.165) is 63.7 Å². The molecule has 1 unspecified atom stereocenters. The van der Waals surface area contributed by atoms with Gasteiger partial charge in [0.25, 0.3) is 0 Å². The number of carbonyl (C=O) groups is 1. The molecule has 0 saturated carbocycles. The summed E-state index contributed by atoms with van der Waals surface area (Å²) in [6.07, 6.45) is 2.83. The molecule has 154 valence electrons. The maximum absolute atomic E-state index is 14.5. The van der Waals surface area contributed by atoms with Crippen molar-refractivity contribution >= 4 is 11.6 Å². The Morgan fingerprint density at radius 2 is 1.89 bits per heavy atom. The van der Waals surface area contributed by atoms with E-state index in [1.165, 1.54) is 18.9 Å². The molecule has 1 atom stereocenters. The van der Waals surface area contributed by atoms with Crippen LogP contribution in [0.15, 0.2) is 18.2 Å². The number of anilines is 1. The van der Waals surface area contributed by atoms with Crippen molar-refractivity contribution in [2.75, 3.05) is 63.9 Å². The van der Waals surface area contributed by atoms with Gasteiger partial charge < -0.3 is 19.9 Å². The molecule has 28 heavy (non-hydrogen) atoms. The summed E-state index contributed by atoms with van der Waals surface area (Å²) in [6.45, 7) is 8.25. The number of halogens is 1. The van der Waals surface area contributed by atoms with Crippen LogP contribution in [0, 0.1) is 5.82 Å². The van der Waals surface area contributed by atoms with E-state index < -0.39 is 0 Å². The lowest BCUT2D eigenvalue weighted by Crippen LogP contribution is -2.42. The van der Waals surface area contributed by atoms with Crippen molar-refractivity contribution < 1.29 is 13.9 Å². The van der Waals surface area contributed by atoms with Gasteiger partial charge >= 0.3 is 0 Å². The number of amides is 1. The highest BCUT2D eigenvalue weighted by molar-refractivity contribution is 5.79. The molecule has 3 aliphatic rings. The predicted octanol–water partition coefficient (Wildman–Crippen LogP) is 1.45. The van der Waals surface area contributed by atoms with Crippen molar-refractivity contribution in [2.45, 2.75) is 31.8 Å².